The van der Waals surface area contributed by atoms with Gasteiger partial charge in [0.1, 0.15) is 0 Å². The van der Waals surface area contributed by atoms with Crippen LogP contribution in [0, 0.1) is 5.92 Å². The Labute approximate surface area is 138 Å². The Morgan fingerprint density at radius 3 is 2.62 bits per heavy atom. The first-order valence-corrected chi connectivity index (χ1v) is 9.06. The molecule has 1 aliphatic heterocycles. The van der Waals surface area contributed by atoms with Crippen molar-refractivity contribution in [2.75, 3.05) is 13.1 Å². The Hall–Kier alpha value is -2.13. The average molecular weight is 353 g/mol. The molecule has 0 aliphatic carbocycles. The number of hydrogen-bond donors (Lipinski definition) is 0. The Balaban J connectivity index is 1.99. The molecule has 9 heteroatoms. The van der Waals surface area contributed by atoms with E-state index in [2.05, 4.69) is 6.92 Å². The van der Waals surface area contributed by atoms with Crippen LogP contribution in [0.4, 0.5) is 0 Å². The lowest BCUT2D eigenvalue weighted by atomic mass is 10.0. The molecule has 2 heterocycles. The van der Waals surface area contributed by atoms with Gasteiger partial charge in [-0.25, -0.2) is 13.2 Å². The number of aliphatic carboxylic acids is 1. The Bertz CT molecular complexity index is 935. The zero-order chi connectivity index (χ0) is 17.5. The molecule has 130 valence electrons. The third-order valence-electron chi connectivity index (χ3n) is 4.31. The number of aromatic nitrogens is 1. The van der Waals surface area contributed by atoms with Crippen LogP contribution < -0.4 is 10.9 Å². The van der Waals surface area contributed by atoms with E-state index in [0.717, 1.165) is 17.4 Å². The minimum absolute atomic E-state index is 0.0268. The van der Waals surface area contributed by atoms with Crippen molar-refractivity contribution in [3.05, 3.63) is 28.7 Å². The SMILES string of the molecule is CC1CCN(S(=O)(=O)c2ccc3c(c2)oc(=O)n3CC(=O)[O-])CC1. The van der Waals surface area contributed by atoms with Crippen molar-refractivity contribution in [2.45, 2.75) is 31.2 Å². The molecule has 1 fully saturated rings. The van der Waals surface area contributed by atoms with Crippen molar-refractivity contribution in [2.24, 2.45) is 5.92 Å². The molecule has 0 radical (unpaired) electrons. The van der Waals surface area contributed by atoms with E-state index in [1.165, 1.54) is 22.5 Å². The van der Waals surface area contributed by atoms with Crippen LogP contribution >= 0.6 is 0 Å². The van der Waals surface area contributed by atoms with Crippen molar-refractivity contribution < 1.29 is 22.7 Å². The molecule has 1 aromatic heterocycles. The van der Waals surface area contributed by atoms with Gasteiger partial charge in [0, 0.05) is 19.2 Å². The van der Waals surface area contributed by atoms with Gasteiger partial charge in [0.25, 0.3) is 0 Å². The molecular formula is C15H17N2O6S-. The summed E-state index contributed by atoms with van der Waals surface area (Å²) in [7, 11) is -3.67. The molecule has 24 heavy (non-hydrogen) atoms. The second kappa shape index (κ2) is 6.06. The molecule has 3 rings (SSSR count). The van der Waals surface area contributed by atoms with Gasteiger partial charge in [-0.05, 0) is 30.9 Å². The van der Waals surface area contributed by atoms with Gasteiger partial charge in [-0.15, -0.1) is 0 Å². The predicted molar refractivity (Wildman–Crippen MR) is 82.6 cm³/mol. The number of fused-ring (bicyclic) bond motifs is 1. The van der Waals surface area contributed by atoms with E-state index < -0.39 is 28.3 Å². The third-order valence-corrected chi connectivity index (χ3v) is 6.20. The first kappa shape index (κ1) is 16.7. The normalized spacial score (nSPS) is 17.4. The fourth-order valence-electron chi connectivity index (χ4n) is 2.86. The maximum Gasteiger partial charge on any atom is 0.420 e. The summed E-state index contributed by atoms with van der Waals surface area (Å²) < 4.78 is 32.7. The highest BCUT2D eigenvalue weighted by atomic mass is 32.2. The summed E-state index contributed by atoms with van der Waals surface area (Å²) in [4.78, 5) is 22.5. The summed E-state index contributed by atoms with van der Waals surface area (Å²) in [5, 5.41) is 10.7. The lowest BCUT2D eigenvalue weighted by Crippen LogP contribution is -2.37. The van der Waals surface area contributed by atoms with Gasteiger partial charge in [0.05, 0.1) is 22.9 Å². The van der Waals surface area contributed by atoms with Crippen molar-refractivity contribution in [1.82, 2.24) is 8.87 Å². The maximum absolute atomic E-state index is 12.7. The topological polar surface area (TPSA) is 113 Å². The largest absolute Gasteiger partial charge is 0.548 e. The first-order chi connectivity index (χ1) is 11.3. The molecule has 8 nitrogen and oxygen atoms in total. The van der Waals surface area contributed by atoms with Gasteiger partial charge in [-0.1, -0.05) is 6.92 Å². The average Bonchev–Trinajstić information content (AvgIpc) is 2.82. The van der Waals surface area contributed by atoms with Crippen LogP contribution in [-0.2, 0) is 21.4 Å². The number of carboxylic acid groups (broad SMARTS) is 1. The number of sulfonamides is 1. The summed E-state index contributed by atoms with van der Waals surface area (Å²) in [6.07, 6.45) is 1.61. The molecule has 0 unspecified atom stereocenters. The smallest absolute Gasteiger partial charge is 0.420 e. The lowest BCUT2D eigenvalue weighted by Gasteiger charge is -2.29. The monoisotopic (exact) mass is 353 g/mol. The van der Waals surface area contributed by atoms with Crippen LogP contribution in [0.3, 0.4) is 0 Å². The van der Waals surface area contributed by atoms with E-state index in [1.807, 2.05) is 0 Å². The molecule has 0 spiro atoms. The van der Waals surface area contributed by atoms with Crippen molar-refractivity contribution in [1.29, 1.82) is 0 Å². The summed E-state index contributed by atoms with van der Waals surface area (Å²) in [6, 6.07) is 3.99. The lowest BCUT2D eigenvalue weighted by molar-refractivity contribution is -0.306. The van der Waals surface area contributed by atoms with E-state index in [0.29, 0.717) is 19.0 Å². The summed E-state index contributed by atoms with van der Waals surface area (Å²) in [6.45, 7) is 2.35. The maximum atomic E-state index is 12.7. The number of rotatable bonds is 4. The minimum Gasteiger partial charge on any atom is -0.548 e. The first-order valence-electron chi connectivity index (χ1n) is 7.62. The molecule has 2 aromatic rings. The van der Waals surface area contributed by atoms with Crippen molar-refractivity contribution in [3.63, 3.8) is 0 Å². The molecule has 0 saturated carbocycles. The van der Waals surface area contributed by atoms with Crippen LogP contribution in [0.2, 0.25) is 0 Å². The highest BCUT2D eigenvalue weighted by Gasteiger charge is 2.28. The second-order valence-corrected chi connectivity index (χ2v) is 7.98. The molecule has 0 bridgehead atoms. The highest BCUT2D eigenvalue weighted by molar-refractivity contribution is 7.89. The second-order valence-electron chi connectivity index (χ2n) is 6.04. The van der Waals surface area contributed by atoms with Crippen LogP contribution in [0.25, 0.3) is 11.1 Å². The minimum atomic E-state index is -3.67. The van der Waals surface area contributed by atoms with E-state index in [-0.39, 0.29) is 16.0 Å². The molecule has 0 N–H and O–H groups in total. The van der Waals surface area contributed by atoms with E-state index in [9.17, 15) is 23.1 Å². The quantitative estimate of drug-likeness (QED) is 0.750. The molecule has 0 amide bonds. The Kier molecular flexibility index (Phi) is 4.22. The highest BCUT2D eigenvalue weighted by Crippen LogP contribution is 2.25. The van der Waals surface area contributed by atoms with Gasteiger partial charge < -0.3 is 14.3 Å². The number of carbonyl (C=O) groups is 1. The van der Waals surface area contributed by atoms with Gasteiger partial charge in [0.15, 0.2) is 5.58 Å². The zero-order valence-corrected chi connectivity index (χ0v) is 13.9. The van der Waals surface area contributed by atoms with Crippen LogP contribution in [0.1, 0.15) is 19.8 Å². The predicted octanol–water partition coefficient (Wildman–Crippen LogP) is -0.235. The number of nitrogens with zero attached hydrogens (tertiary/aromatic N) is 2. The molecular weight excluding hydrogens is 336 g/mol. The zero-order valence-electron chi connectivity index (χ0n) is 13.1. The summed E-state index contributed by atoms with van der Waals surface area (Å²) >= 11 is 0. The summed E-state index contributed by atoms with van der Waals surface area (Å²) in [5.74, 6) is -1.80. The fraction of sp³-hybridized carbons (Fsp3) is 0.467. The van der Waals surface area contributed by atoms with E-state index >= 15 is 0 Å². The molecule has 0 atom stereocenters. The Morgan fingerprint density at radius 2 is 2.00 bits per heavy atom. The standard InChI is InChI=1S/C15H18N2O6S/c1-10-4-6-16(7-5-10)24(21,22)11-2-3-12-13(8-11)23-15(20)17(12)9-14(18)19/h2-3,8,10H,4-7,9H2,1H3,(H,18,19)/p-1. The van der Waals surface area contributed by atoms with Crippen LogP contribution in [-0.4, -0.2) is 36.3 Å². The van der Waals surface area contributed by atoms with Crippen LogP contribution in [0.15, 0.2) is 32.3 Å². The third kappa shape index (κ3) is 2.96. The number of oxazole rings is 1. The molecule has 1 aromatic carbocycles. The van der Waals surface area contributed by atoms with Gasteiger partial charge >= 0.3 is 5.76 Å². The van der Waals surface area contributed by atoms with Gasteiger partial charge in [-0.2, -0.15) is 4.31 Å². The molecule has 1 saturated heterocycles. The van der Waals surface area contributed by atoms with Gasteiger partial charge in [-0.3, -0.25) is 4.57 Å². The fourth-order valence-corrected chi connectivity index (χ4v) is 4.35. The molecule has 1 aliphatic rings. The number of hydrogen-bond acceptors (Lipinski definition) is 6. The number of benzene rings is 1. The number of carbonyl (C=O) groups excluding carboxylic acids is 1. The number of carboxylic acids is 1. The Morgan fingerprint density at radius 1 is 1.33 bits per heavy atom. The van der Waals surface area contributed by atoms with Crippen LogP contribution in [0.5, 0.6) is 0 Å². The van der Waals surface area contributed by atoms with Crippen molar-refractivity contribution in [3.8, 4) is 0 Å². The summed E-state index contributed by atoms with van der Waals surface area (Å²) in [5.41, 5.74) is 0.253. The van der Waals surface area contributed by atoms with Crippen molar-refractivity contribution >= 4 is 27.1 Å². The van der Waals surface area contributed by atoms with E-state index in [1.54, 1.807) is 0 Å². The van der Waals surface area contributed by atoms with E-state index in [4.69, 9.17) is 4.42 Å². The van der Waals surface area contributed by atoms with Gasteiger partial charge in [0.2, 0.25) is 10.0 Å². The number of piperidine rings is 1.